The zero-order valence-electron chi connectivity index (χ0n) is 8.65. The molecule has 10 heteroatoms. The molecule has 1 aromatic rings. The summed E-state index contributed by atoms with van der Waals surface area (Å²) in [6, 6.07) is 1.43. The van der Waals surface area contributed by atoms with Crippen LogP contribution in [-0.2, 0) is 0 Å². The maximum Gasteiger partial charge on any atom is 0.283 e. The molecule has 0 unspecified atom stereocenters. The van der Waals surface area contributed by atoms with Gasteiger partial charge in [-0.1, -0.05) is 0 Å². The molecule has 0 heterocycles. The average Bonchev–Trinajstić information content (AvgIpc) is 2.26. The van der Waals surface area contributed by atoms with E-state index in [-0.39, 0.29) is 0 Å². The first-order chi connectivity index (χ1) is 8.27. The van der Waals surface area contributed by atoms with Crippen molar-refractivity contribution in [2.45, 2.75) is 0 Å². The second kappa shape index (κ2) is 4.45. The highest BCUT2D eigenvalue weighted by molar-refractivity contribution is 6.11. The molecular formula is C8H6N4O6. The first-order valence-corrected chi connectivity index (χ1v) is 4.32. The summed E-state index contributed by atoms with van der Waals surface area (Å²) in [4.78, 5) is 41.6. The van der Waals surface area contributed by atoms with Gasteiger partial charge in [0.25, 0.3) is 23.2 Å². The first kappa shape index (κ1) is 13.0. The van der Waals surface area contributed by atoms with Crippen molar-refractivity contribution in [3.05, 3.63) is 43.5 Å². The van der Waals surface area contributed by atoms with Crippen LogP contribution in [0.2, 0.25) is 0 Å². The van der Waals surface area contributed by atoms with Gasteiger partial charge in [0, 0.05) is 12.1 Å². The van der Waals surface area contributed by atoms with E-state index >= 15 is 0 Å². The predicted octanol–water partition coefficient (Wildman–Crippen LogP) is -0.299. The summed E-state index contributed by atoms with van der Waals surface area (Å²) in [5.41, 5.74) is 6.39. The minimum atomic E-state index is -1.35. The maximum atomic E-state index is 11.1. The molecule has 0 aliphatic heterocycles. The van der Waals surface area contributed by atoms with E-state index in [2.05, 4.69) is 0 Å². The monoisotopic (exact) mass is 254 g/mol. The van der Waals surface area contributed by atoms with Gasteiger partial charge in [0.15, 0.2) is 0 Å². The van der Waals surface area contributed by atoms with E-state index in [1.807, 2.05) is 0 Å². The van der Waals surface area contributed by atoms with Gasteiger partial charge in [0.05, 0.1) is 9.85 Å². The van der Waals surface area contributed by atoms with Gasteiger partial charge in [-0.05, 0) is 0 Å². The van der Waals surface area contributed by atoms with Crippen molar-refractivity contribution in [3.8, 4) is 0 Å². The van der Waals surface area contributed by atoms with Gasteiger partial charge >= 0.3 is 0 Å². The van der Waals surface area contributed by atoms with E-state index in [4.69, 9.17) is 11.5 Å². The fourth-order valence-corrected chi connectivity index (χ4v) is 1.38. The number of nitrogens with zero attached hydrogens (tertiary/aromatic N) is 2. The largest absolute Gasteiger partial charge is 0.365 e. The third-order valence-corrected chi connectivity index (χ3v) is 2.05. The lowest BCUT2D eigenvalue weighted by molar-refractivity contribution is -0.389. The number of amides is 2. The molecule has 1 rings (SSSR count). The molecule has 0 saturated carbocycles. The second-order valence-electron chi connectivity index (χ2n) is 3.10. The molecule has 0 spiro atoms. The number of hydrogen-bond acceptors (Lipinski definition) is 6. The first-order valence-electron chi connectivity index (χ1n) is 4.32. The van der Waals surface area contributed by atoms with E-state index in [0.717, 1.165) is 0 Å². The van der Waals surface area contributed by atoms with Crippen LogP contribution in [0.5, 0.6) is 0 Å². The van der Waals surface area contributed by atoms with Gasteiger partial charge in [-0.3, -0.25) is 29.8 Å². The number of carbonyl (C=O) groups is 2. The standard InChI is InChI=1S/C8H6N4O6/c9-7(13)5-3(11(15)16)1-2-4(12(17)18)6(5)8(10)14/h1-2H,(H2,9,13)(H2,10,14). The van der Waals surface area contributed by atoms with Crippen molar-refractivity contribution in [3.63, 3.8) is 0 Å². The summed E-state index contributed by atoms with van der Waals surface area (Å²) < 4.78 is 0. The summed E-state index contributed by atoms with van der Waals surface area (Å²) in [6.07, 6.45) is 0. The molecule has 0 aliphatic rings. The van der Waals surface area contributed by atoms with Gasteiger partial charge in [0.1, 0.15) is 11.1 Å². The predicted molar refractivity (Wildman–Crippen MR) is 56.8 cm³/mol. The quantitative estimate of drug-likeness (QED) is 0.550. The highest BCUT2D eigenvalue weighted by atomic mass is 16.6. The van der Waals surface area contributed by atoms with Crippen molar-refractivity contribution >= 4 is 23.2 Å². The number of primary amides is 2. The minimum absolute atomic E-state index is 0.713. The van der Waals surface area contributed by atoms with Crippen LogP contribution in [0.4, 0.5) is 11.4 Å². The molecular weight excluding hydrogens is 248 g/mol. The number of rotatable bonds is 4. The van der Waals surface area contributed by atoms with Crippen LogP contribution in [0.3, 0.4) is 0 Å². The van der Waals surface area contributed by atoms with Crippen molar-refractivity contribution in [2.75, 3.05) is 0 Å². The summed E-state index contributed by atoms with van der Waals surface area (Å²) >= 11 is 0. The van der Waals surface area contributed by atoms with Crippen molar-refractivity contribution < 1.29 is 19.4 Å². The van der Waals surface area contributed by atoms with Crippen LogP contribution < -0.4 is 11.5 Å². The number of nitrogens with two attached hydrogens (primary N) is 2. The topological polar surface area (TPSA) is 172 Å². The van der Waals surface area contributed by atoms with Gasteiger partial charge < -0.3 is 11.5 Å². The average molecular weight is 254 g/mol. The van der Waals surface area contributed by atoms with Crippen LogP contribution in [0.1, 0.15) is 20.7 Å². The van der Waals surface area contributed by atoms with E-state index in [9.17, 15) is 29.8 Å². The lowest BCUT2D eigenvalue weighted by Gasteiger charge is -2.04. The maximum absolute atomic E-state index is 11.1. The number of carbonyl (C=O) groups excluding carboxylic acids is 2. The van der Waals surface area contributed by atoms with E-state index in [1.54, 1.807) is 0 Å². The zero-order chi connectivity index (χ0) is 14.0. The third-order valence-electron chi connectivity index (χ3n) is 2.05. The Morgan fingerprint density at radius 3 is 1.33 bits per heavy atom. The van der Waals surface area contributed by atoms with E-state index < -0.39 is 44.2 Å². The summed E-state index contributed by atoms with van der Waals surface area (Å²) in [7, 11) is 0. The Labute approximate surface area is 98.5 Å². The molecule has 18 heavy (non-hydrogen) atoms. The van der Waals surface area contributed by atoms with Crippen LogP contribution in [0.25, 0.3) is 0 Å². The number of hydrogen-bond donors (Lipinski definition) is 2. The molecule has 0 aliphatic carbocycles. The molecule has 0 aromatic heterocycles. The van der Waals surface area contributed by atoms with Crippen molar-refractivity contribution in [2.24, 2.45) is 11.5 Å². The fraction of sp³-hybridized carbons (Fsp3) is 0. The van der Waals surface area contributed by atoms with Crippen molar-refractivity contribution in [1.82, 2.24) is 0 Å². The highest BCUT2D eigenvalue weighted by Crippen LogP contribution is 2.29. The summed E-state index contributed by atoms with van der Waals surface area (Å²) in [5.74, 6) is -2.70. The molecule has 94 valence electrons. The Morgan fingerprint density at radius 1 is 0.889 bits per heavy atom. The van der Waals surface area contributed by atoms with E-state index in [0.29, 0.717) is 12.1 Å². The normalized spacial score (nSPS) is 9.78. The molecule has 0 fully saturated rings. The van der Waals surface area contributed by atoms with Crippen LogP contribution in [-0.4, -0.2) is 21.7 Å². The van der Waals surface area contributed by atoms with Crippen LogP contribution in [0, 0.1) is 20.2 Å². The Balaban J connectivity index is 3.82. The Bertz CT molecular complexity index is 530. The van der Waals surface area contributed by atoms with Gasteiger partial charge in [0.2, 0.25) is 0 Å². The zero-order valence-corrected chi connectivity index (χ0v) is 8.65. The number of nitro groups is 2. The van der Waals surface area contributed by atoms with Crippen LogP contribution >= 0.6 is 0 Å². The molecule has 0 atom stereocenters. The molecule has 1 aromatic carbocycles. The van der Waals surface area contributed by atoms with E-state index in [1.165, 1.54) is 0 Å². The lowest BCUT2D eigenvalue weighted by Crippen LogP contribution is -2.23. The molecule has 4 N–H and O–H groups in total. The van der Waals surface area contributed by atoms with Crippen LogP contribution in [0.15, 0.2) is 12.1 Å². The fourth-order valence-electron chi connectivity index (χ4n) is 1.38. The Kier molecular flexibility index (Phi) is 3.22. The molecule has 0 saturated heterocycles. The molecule has 0 radical (unpaired) electrons. The lowest BCUT2D eigenvalue weighted by atomic mass is 10.0. The second-order valence-corrected chi connectivity index (χ2v) is 3.10. The Hall–Kier alpha value is -3.04. The summed E-state index contributed by atoms with van der Waals surface area (Å²) in [5, 5.41) is 21.3. The van der Waals surface area contributed by atoms with Gasteiger partial charge in [-0.25, -0.2) is 0 Å². The van der Waals surface area contributed by atoms with Crippen molar-refractivity contribution in [1.29, 1.82) is 0 Å². The smallest absolute Gasteiger partial charge is 0.283 e. The number of benzene rings is 1. The molecule has 0 bridgehead atoms. The highest BCUT2D eigenvalue weighted by Gasteiger charge is 2.32. The van der Waals surface area contributed by atoms with Gasteiger partial charge in [-0.15, -0.1) is 0 Å². The SMILES string of the molecule is NC(=O)c1c([N+](=O)[O-])ccc([N+](=O)[O-])c1C(N)=O. The molecule has 10 nitrogen and oxygen atoms in total. The number of nitro benzene ring substituents is 2. The minimum Gasteiger partial charge on any atom is -0.365 e. The van der Waals surface area contributed by atoms with Gasteiger partial charge in [-0.2, -0.15) is 0 Å². The molecule has 2 amide bonds. The summed E-state index contributed by atoms with van der Waals surface area (Å²) in [6.45, 7) is 0. The third kappa shape index (κ3) is 2.07. The Morgan fingerprint density at radius 2 is 1.17 bits per heavy atom.